The quantitative estimate of drug-likeness (QED) is 0.633. The van der Waals surface area contributed by atoms with Crippen molar-refractivity contribution in [3.05, 3.63) is 47.1 Å². The Kier molecular flexibility index (Phi) is 4.98. The van der Waals surface area contributed by atoms with Crippen LogP contribution in [0, 0.1) is 11.8 Å². The predicted molar refractivity (Wildman–Crippen MR) is 104 cm³/mol. The minimum Gasteiger partial charge on any atom is -0.485 e. The van der Waals surface area contributed by atoms with E-state index < -0.39 is 5.60 Å². The van der Waals surface area contributed by atoms with Crippen LogP contribution in [-0.4, -0.2) is 59.4 Å². The summed E-state index contributed by atoms with van der Waals surface area (Å²) in [7, 11) is 1.66. The third-order valence-electron chi connectivity index (χ3n) is 4.76. The second-order valence-electron chi connectivity index (χ2n) is 6.96. The van der Waals surface area contributed by atoms with Gasteiger partial charge in [0.2, 0.25) is 5.60 Å². The second kappa shape index (κ2) is 7.44. The third kappa shape index (κ3) is 3.83. The van der Waals surface area contributed by atoms with Gasteiger partial charge in [-0.05, 0) is 12.1 Å². The molecule has 2 fully saturated rings. The molecule has 3 heterocycles. The van der Waals surface area contributed by atoms with Crippen molar-refractivity contribution in [1.82, 2.24) is 9.88 Å². The second-order valence-corrected chi connectivity index (χ2v) is 7.34. The molecule has 28 heavy (non-hydrogen) atoms. The summed E-state index contributed by atoms with van der Waals surface area (Å²) in [6.07, 6.45) is 0.336. The van der Waals surface area contributed by atoms with Gasteiger partial charge in [-0.2, -0.15) is 0 Å². The number of hydrogen-bond donors (Lipinski definition) is 1. The summed E-state index contributed by atoms with van der Waals surface area (Å²) in [6.45, 7) is 1.62. The van der Waals surface area contributed by atoms with Crippen LogP contribution in [0.1, 0.15) is 12.0 Å². The summed E-state index contributed by atoms with van der Waals surface area (Å²) < 4.78 is 10.9. The van der Waals surface area contributed by atoms with Gasteiger partial charge >= 0.3 is 0 Å². The summed E-state index contributed by atoms with van der Waals surface area (Å²) in [4.78, 5) is 17.9. The molecule has 1 amide bonds. The highest BCUT2D eigenvalue weighted by Crippen LogP contribution is 2.27. The number of rotatable bonds is 3. The molecule has 2 aliphatic rings. The molecule has 0 aliphatic carbocycles. The standard InChI is InChI=1S/C21H19ClN2O4/c1-24-8-7-21(26,20(24)25)6-5-14-3-2-4-15(9-14)18-10-16(11-19(22)23-18)28-17-12-27-13-17/h2-4,9-11,17,26H,7-8,12-13H2,1H3/t21-/m0/s1. The van der Waals surface area contributed by atoms with Gasteiger partial charge in [0.25, 0.3) is 5.91 Å². The van der Waals surface area contributed by atoms with Crippen molar-refractivity contribution in [3.63, 3.8) is 0 Å². The fourth-order valence-electron chi connectivity index (χ4n) is 3.07. The molecule has 2 aliphatic heterocycles. The van der Waals surface area contributed by atoms with Crippen LogP contribution in [0.4, 0.5) is 0 Å². The highest BCUT2D eigenvalue weighted by atomic mass is 35.5. The van der Waals surface area contributed by atoms with Gasteiger partial charge in [0.15, 0.2) is 0 Å². The van der Waals surface area contributed by atoms with Gasteiger partial charge in [0.05, 0.1) is 18.9 Å². The number of likely N-dealkylation sites (tertiary alicyclic amines) is 1. The average molecular weight is 399 g/mol. The molecule has 4 rings (SSSR count). The number of ether oxygens (including phenoxy) is 2. The van der Waals surface area contributed by atoms with E-state index in [1.807, 2.05) is 30.3 Å². The first-order chi connectivity index (χ1) is 13.4. The zero-order valence-electron chi connectivity index (χ0n) is 15.3. The van der Waals surface area contributed by atoms with Crippen molar-refractivity contribution in [2.45, 2.75) is 18.1 Å². The van der Waals surface area contributed by atoms with Gasteiger partial charge in [-0.15, -0.1) is 0 Å². The van der Waals surface area contributed by atoms with Gasteiger partial charge in [0, 0.05) is 43.3 Å². The molecule has 0 radical (unpaired) electrons. The van der Waals surface area contributed by atoms with Crippen molar-refractivity contribution < 1.29 is 19.4 Å². The molecule has 0 bridgehead atoms. The molecule has 1 aromatic carbocycles. The lowest BCUT2D eigenvalue weighted by atomic mass is 10.0. The Morgan fingerprint density at radius 1 is 1.36 bits per heavy atom. The maximum Gasteiger partial charge on any atom is 0.267 e. The minimum absolute atomic E-state index is 0.0336. The molecule has 144 valence electrons. The fourth-order valence-corrected chi connectivity index (χ4v) is 3.26. The number of hydrogen-bond acceptors (Lipinski definition) is 5. The number of amides is 1. The third-order valence-corrected chi connectivity index (χ3v) is 4.95. The van der Waals surface area contributed by atoms with Crippen molar-refractivity contribution >= 4 is 17.5 Å². The van der Waals surface area contributed by atoms with Gasteiger partial charge in [-0.3, -0.25) is 4.79 Å². The number of halogens is 1. The molecule has 1 N–H and O–H groups in total. The summed E-state index contributed by atoms with van der Waals surface area (Å²) in [5.74, 6) is 5.91. The zero-order chi connectivity index (χ0) is 19.7. The zero-order valence-corrected chi connectivity index (χ0v) is 16.1. The molecule has 7 heteroatoms. The van der Waals surface area contributed by atoms with Crippen LogP contribution in [0.25, 0.3) is 11.3 Å². The van der Waals surface area contributed by atoms with E-state index in [-0.39, 0.29) is 12.0 Å². The van der Waals surface area contributed by atoms with Crippen molar-refractivity contribution in [2.75, 3.05) is 26.8 Å². The number of likely N-dealkylation sites (N-methyl/N-ethyl adjacent to an activating group) is 1. The van der Waals surface area contributed by atoms with E-state index in [0.29, 0.717) is 48.3 Å². The maximum absolute atomic E-state index is 12.1. The van der Waals surface area contributed by atoms with Crippen LogP contribution in [0.15, 0.2) is 36.4 Å². The lowest BCUT2D eigenvalue weighted by Gasteiger charge is -2.26. The Hall–Kier alpha value is -2.59. The van der Waals surface area contributed by atoms with Gasteiger partial charge in [-0.1, -0.05) is 35.6 Å². The Labute approximate surface area is 168 Å². The van der Waals surface area contributed by atoms with Crippen LogP contribution in [0.5, 0.6) is 5.75 Å². The summed E-state index contributed by atoms with van der Waals surface area (Å²) in [5.41, 5.74) is 0.517. The van der Waals surface area contributed by atoms with Crippen LogP contribution in [0.3, 0.4) is 0 Å². The fraction of sp³-hybridized carbons (Fsp3) is 0.333. The van der Waals surface area contributed by atoms with Crippen LogP contribution < -0.4 is 4.74 Å². The lowest BCUT2D eigenvalue weighted by molar-refractivity contribution is -0.137. The topological polar surface area (TPSA) is 71.9 Å². The highest BCUT2D eigenvalue weighted by molar-refractivity contribution is 6.29. The minimum atomic E-state index is -1.62. The summed E-state index contributed by atoms with van der Waals surface area (Å²) in [5, 5.41) is 10.8. The van der Waals surface area contributed by atoms with E-state index in [1.165, 1.54) is 4.90 Å². The predicted octanol–water partition coefficient (Wildman–Crippen LogP) is 2.12. The number of carbonyl (C=O) groups is 1. The van der Waals surface area contributed by atoms with E-state index in [9.17, 15) is 9.90 Å². The van der Waals surface area contributed by atoms with Crippen molar-refractivity contribution in [1.29, 1.82) is 0 Å². The first-order valence-corrected chi connectivity index (χ1v) is 9.34. The molecule has 1 atom stereocenters. The number of nitrogens with zero attached hydrogens (tertiary/aromatic N) is 2. The SMILES string of the molecule is CN1CC[C@@](O)(C#Cc2cccc(-c3cc(OC4COC4)cc(Cl)n3)c2)C1=O. The van der Waals surface area contributed by atoms with Gasteiger partial charge in [0.1, 0.15) is 17.0 Å². The Balaban J connectivity index is 1.59. The van der Waals surface area contributed by atoms with E-state index in [0.717, 1.165) is 5.56 Å². The van der Waals surface area contributed by atoms with Crippen LogP contribution >= 0.6 is 11.6 Å². The van der Waals surface area contributed by atoms with Gasteiger partial charge < -0.3 is 19.5 Å². The molecule has 2 saturated heterocycles. The largest absolute Gasteiger partial charge is 0.485 e. The van der Waals surface area contributed by atoms with Crippen LogP contribution in [-0.2, 0) is 9.53 Å². The van der Waals surface area contributed by atoms with Crippen molar-refractivity contribution in [2.24, 2.45) is 0 Å². The van der Waals surface area contributed by atoms with Gasteiger partial charge in [-0.25, -0.2) is 4.98 Å². The monoisotopic (exact) mass is 398 g/mol. The number of benzene rings is 1. The molecular weight excluding hydrogens is 380 g/mol. The normalized spacial score (nSPS) is 21.8. The summed E-state index contributed by atoms with van der Waals surface area (Å²) in [6, 6.07) is 10.9. The molecule has 0 spiro atoms. The highest BCUT2D eigenvalue weighted by Gasteiger charge is 2.42. The van der Waals surface area contributed by atoms with Crippen LogP contribution in [0.2, 0.25) is 5.15 Å². The molecule has 1 aromatic heterocycles. The maximum atomic E-state index is 12.1. The average Bonchev–Trinajstić information content (AvgIpc) is 2.91. The number of pyridine rings is 1. The smallest absolute Gasteiger partial charge is 0.267 e. The molecule has 0 unspecified atom stereocenters. The summed E-state index contributed by atoms with van der Waals surface area (Å²) >= 11 is 6.15. The lowest BCUT2D eigenvalue weighted by Crippen LogP contribution is -2.38. The Bertz CT molecular complexity index is 980. The van der Waals surface area contributed by atoms with E-state index in [4.69, 9.17) is 21.1 Å². The van der Waals surface area contributed by atoms with E-state index in [2.05, 4.69) is 16.8 Å². The number of aliphatic hydroxyl groups is 1. The van der Waals surface area contributed by atoms with Crippen molar-refractivity contribution in [3.8, 4) is 28.8 Å². The van der Waals surface area contributed by atoms with E-state index >= 15 is 0 Å². The Morgan fingerprint density at radius 2 is 2.18 bits per heavy atom. The Morgan fingerprint density at radius 3 is 2.86 bits per heavy atom. The first kappa shape index (κ1) is 18.8. The molecule has 0 saturated carbocycles. The molecule has 6 nitrogen and oxygen atoms in total. The first-order valence-electron chi connectivity index (χ1n) is 8.96. The number of carbonyl (C=O) groups excluding carboxylic acids is 1. The molecular formula is C21H19ClN2O4. The number of aromatic nitrogens is 1. The molecule has 2 aromatic rings. The van der Waals surface area contributed by atoms with E-state index in [1.54, 1.807) is 13.1 Å².